The average Bonchev–Trinajstić information content (AvgIpc) is 2.69. The van der Waals surface area contributed by atoms with Crippen molar-refractivity contribution in [2.45, 2.75) is 39.0 Å². The van der Waals surface area contributed by atoms with Crippen molar-refractivity contribution >= 4 is 27.3 Å². The molecule has 0 radical (unpaired) electrons. The lowest BCUT2D eigenvalue weighted by Gasteiger charge is -2.24. The molecule has 1 aromatic rings. The van der Waals surface area contributed by atoms with Crippen LogP contribution in [0.1, 0.15) is 31.8 Å². The molecular formula is C12H20BrNO2S. The Morgan fingerprint density at radius 3 is 2.59 bits per heavy atom. The monoisotopic (exact) mass is 321 g/mol. The van der Waals surface area contributed by atoms with E-state index in [9.17, 15) is 0 Å². The van der Waals surface area contributed by atoms with Crippen LogP contribution in [0.25, 0.3) is 0 Å². The molecule has 98 valence electrons. The van der Waals surface area contributed by atoms with Gasteiger partial charge in [-0.25, -0.2) is 0 Å². The molecule has 0 aromatic carbocycles. The first kappa shape index (κ1) is 15.1. The largest absolute Gasteiger partial charge is 0.379 e. The lowest BCUT2D eigenvalue weighted by atomic mass is 10.1. The zero-order valence-electron chi connectivity index (χ0n) is 10.5. The third-order valence-electron chi connectivity index (χ3n) is 2.29. The van der Waals surface area contributed by atoms with Gasteiger partial charge in [-0.15, -0.1) is 11.3 Å². The molecule has 1 heterocycles. The van der Waals surface area contributed by atoms with E-state index in [4.69, 9.17) is 15.2 Å². The van der Waals surface area contributed by atoms with Gasteiger partial charge in [0.25, 0.3) is 0 Å². The smallest absolute Gasteiger partial charge is 0.107 e. The predicted octanol–water partition coefficient (Wildman–Crippen LogP) is 3.34. The van der Waals surface area contributed by atoms with Crippen molar-refractivity contribution in [3.05, 3.63) is 20.8 Å². The Bertz CT molecular complexity index is 330. The summed E-state index contributed by atoms with van der Waals surface area (Å²) >= 11 is 5.12. The Hall–Kier alpha value is 0.0600. The zero-order valence-corrected chi connectivity index (χ0v) is 12.9. The Kier molecular flexibility index (Phi) is 6.66. The average molecular weight is 322 g/mol. The van der Waals surface area contributed by atoms with Crippen molar-refractivity contribution in [3.63, 3.8) is 0 Å². The number of hydrogen-bond acceptors (Lipinski definition) is 4. The van der Waals surface area contributed by atoms with Gasteiger partial charge in [-0.2, -0.15) is 0 Å². The van der Waals surface area contributed by atoms with Crippen LogP contribution in [0.3, 0.4) is 0 Å². The van der Waals surface area contributed by atoms with E-state index in [0.717, 1.165) is 8.66 Å². The van der Waals surface area contributed by atoms with E-state index in [-0.39, 0.29) is 18.2 Å². The quantitative estimate of drug-likeness (QED) is 0.837. The van der Waals surface area contributed by atoms with Gasteiger partial charge in [0.15, 0.2) is 0 Å². The molecule has 1 aromatic heterocycles. The summed E-state index contributed by atoms with van der Waals surface area (Å²) < 4.78 is 12.4. The number of rotatable bonds is 7. The molecule has 0 amide bonds. The summed E-state index contributed by atoms with van der Waals surface area (Å²) in [6, 6.07) is 4.03. The van der Waals surface area contributed by atoms with E-state index in [2.05, 4.69) is 22.0 Å². The normalized spacial score (nSPS) is 16.8. The highest BCUT2D eigenvalue weighted by atomic mass is 79.9. The fourth-order valence-corrected chi connectivity index (χ4v) is 3.08. The molecular weight excluding hydrogens is 302 g/mol. The van der Waals surface area contributed by atoms with Gasteiger partial charge in [-0.3, -0.25) is 0 Å². The molecule has 3 nitrogen and oxygen atoms in total. The highest BCUT2D eigenvalue weighted by Crippen LogP contribution is 2.31. The lowest BCUT2D eigenvalue weighted by molar-refractivity contribution is -0.0536. The maximum atomic E-state index is 5.98. The molecule has 3 unspecified atom stereocenters. The second-order valence-electron chi connectivity index (χ2n) is 4.03. The van der Waals surface area contributed by atoms with Gasteiger partial charge in [-0.1, -0.05) is 0 Å². The molecule has 0 aliphatic carbocycles. The molecule has 0 aliphatic heterocycles. The number of thiophene rings is 1. The molecule has 17 heavy (non-hydrogen) atoms. The minimum atomic E-state index is -0.0678. The van der Waals surface area contributed by atoms with Gasteiger partial charge in [0.2, 0.25) is 0 Å². The van der Waals surface area contributed by atoms with Crippen molar-refractivity contribution in [2.24, 2.45) is 5.73 Å². The Morgan fingerprint density at radius 2 is 2.12 bits per heavy atom. The highest BCUT2D eigenvalue weighted by molar-refractivity contribution is 9.11. The summed E-state index contributed by atoms with van der Waals surface area (Å²) in [5.74, 6) is 0. The molecule has 0 bridgehead atoms. The van der Waals surface area contributed by atoms with Crippen LogP contribution in [0, 0.1) is 0 Å². The third-order valence-corrected chi connectivity index (χ3v) is 3.97. The molecule has 5 heteroatoms. The van der Waals surface area contributed by atoms with Gasteiger partial charge >= 0.3 is 0 Å². The van der Waals surface area contributed by atoms with E-state index < -0.39 is 0 Å². The summed E-state index contributed by atoms with van der Waals surface area (Å²) in [6.45, 7) is 7.26. The maximum absolute atomic E-state index is 5.98. The van der Waals surface area contributed by atoms with Gasteiger partial charge in [0.05, 0.1) is 16.5 Å². The minimum Gasteiger partial charge on any atom is -0.379 e. The van der Waals surface area contributed by atoms with Crippen LogP contribution in [0.5, 0.6) is 0 Å². The first-order valence-corrected chi connectivity index (χ1v) is 7.39. The highest BCUT2D eigenvalue weighted by Gasteiger charge is 2.21. The fraction of sp³-hybridized carbons (Fsp3) is 0.667. The van der Waals surface area contributed by atoms with Crippen LogP contribution in [0.4, 0.5) is 0 Å². The van der Waals surface area contributed by atoms with Crippen LogP contribution in [-0.4, -0.2) is 25.4 Å². The number of nitrogens with two attached hydrogens (primary N) is 1. The Morgan fingerprint density at radius 1 is 1.41 bits per heavy atom. The predicted molar refractivity (Wildman–Crippen MR) is 75.4 cm³/mol. The molecule has 0 aliphatic rings. The number of halogens is 1. The molecule has 3 atom stereocenters. The maximum Gasteiger partial charge on any atom is 0.107 e. The van der Waals surface area contributed by atoms with Crippen LogP contribution in [0.15, 0.2) is 15.9 Å². The van der Waals surface area contributed by atoms with Crippen molar-refractivity contribution in [3.8, 4) is 0 Å². The van der Waals surface area contributed by atoms with E-state index in [0.29, 0.717) is 13.2 Å². The summed E-state index contributed by atoms with van der Waals surface area (Å²) in [5, 5.41) is 0. The fourth-order valence-electron chi connectivity index (χ4n) is 1.50. The summed E-state index contributed by atoms with van der Waals surface area (Å²) in [4.78, 5) is 1.15. The second kappa shape index (κ2) is 7.48. The van der Waals surface area contributed by atoms with Crippen LogP contribution >= 0.6 is 27.3 Å². The number of hydrogen-bond donors (Lipinski definition) is 1. The van der Waals surface area contributed by atoms with Crippen molar-refractivity contribution < 1.29 is 9.47 Å². The first-order valence-electron chi connectivity index (χ1n) is 5.78. The summed E-state index contributed by atoms with van der Waals surface area (Å²) in [6.07, 6.45) is -0.0198. The van der Waals surface area contributed by atoms with E-state index in [1.165, 1.54) is 0 Å². The van der Waals surface area contributed by atoms with Crippen LogP contribution < -0.4 is 5.73 Å². The molecule has 0 fully saturated rings. The van der Waals surface area contributed by atoms with Crippen LogP contribution in [0.2, 0.25) is 0 Å². The molecule has 0 saturated carbocycles. The van der Waals surface area contributed by atoms with E-state index in [1.807, 2.05) is 26.8 Å². The van der Waals surface area contributed by atoms with E-state index >= 15 is 0 Å². The van der Waals surface area contributed by atoms with Gasteiger partial charge in [-0.05, 0) is 48.8 Å². The summed E-state index contributed by atoms with van der Waals surface area (Å²) in [5.41, 5.74) is 5.98. The number of ether oxygens (including phenoxy) is 2. The molecule has 2 N–H and O–H groups in total. The van der Waals surface area contributed by atoms with Gasteiger partial charge < -0.3 is 15.2 Å². The van der Waals surface area contributed by atoms with Crippen molar-refractivity contribution in [1.29, 1.82) is 0 Å². The zero-order chi connectivity index (χ0) is 12.8. The summed E-state index contributed by atoms with van der Waals surface area (Å²) in [7, 11) is 0. The molecule has 0 spiro atoms. The van der Waals surface area contributed by atoms with Crippen molar-refractivity contribution in [2.75, 3.05) is 13.2 Å². The Balaban J connectivity index is 2.61. The topological polar surface area (TPSA) is 44.5 Å². The SMILES string of the molecule is CCOCC(C)OC(c1ccc(Br)s1)C(C)N. The lowest BCUT2D eigenvalue weighted by Crippen LogP contribution is -2.30. The minimum absolute atomic E-state index is 0.0374. The Labute approximate surface area is 115 Å². The van der Waals surface area contributed by atoms with Gasteiger partial charge in [0, 0.05) is 17.5 Å². The van der Waals surface area contributed by atoms with E-state index in [1.54, 1.807) is 11.3 Å². The van der Waals surface area contributed by atoms with Gasteiger partial charge in [0.1, 0.15) is 6.10 Å². The third kappa shape index (κ3) is 5.06. The standard InChI is InChI=1S/C12H20BrNO2S/c1-4-15-7-8(2)16-12(9(3)14)10-5-6-11(13)17-10/h5-6,8-9,12H,4,7,14H2,1-3H3. The molecule has 1 rings (SSSR count). The second-order valence-corrected chi connectivity index (χ2v) is 6.52. The van der Waals surface area contributed by atoms with Crippen molar-refractivity contribution in [1.82, 2.24) is 0 Å². The van der Waals surface area contributed by atoms with Crippen LogP contribution in [-0.2, 0) is 9.47 Å². The molecule has 0 saturated heterocycles. The first-order chi connectivity index (χ1) is 8.04.